The number of rotatable bonds is 5. The van der Waals surface area contributed by atoms with Crippen LogP contribution in [0.5, 0.6) is 0 Å². The van der Waals surface area contributed by atoms with Crippen molar-refractivity contribution in [1.29, 1.82) is 0 Å². The summed E-state index contributed by atoms with van der Waals surface area (Å²) < 4.78 is 0. The molecule has 3 aromatic rings. The molecule has 20 heavy (non-hydrogen) atoms. The molecule has 1 unspecified atom stereocenters. The van der Waals surface area contributed by atoms with Gasteiger partial charge < -0.3 is 5.32 Å². The third kappa shape index (κ3) is 3.06. The average Bonchev–Trinajstić information content (AvgIpc) is 3.00. The number of nitrogens with one attached hydrogen (secondary N) is 1. The quantitative estimate of drug-likeness (QED) is 0.759. The summed E-state index contributed by atoms with van der Waals surface area (Å²) in [4.78, 5) is 4.31. The summed E-state index contributed by atoms with van der Waals surface area (Å²) >= 11 is 1.72. The summed E-state index contributed by atoms with van der Waals surface area (Å²) in [6, 6.07) is 15.5. The Kier molecular flexibility index (Phi) is 4.09. The molecule has 102 valence electrons. The highest BCUT2D eigenvalue weighted by molar-refractivity contribution is 7.09. The van der Waals surface area contributed by atoms with Gasteiger partial charge in [0.15, 0.2) is 0 Å². The second kappa shape index (κ2) is 6.16. The third-order valence-electron chi connectivity index (χ3n) is 3.55. The van der Waals surface area contributed by atoms with Crippen molar-refractivity contribution < 1.29 is 0 Å². The smallest absolute Gasteiger partial charge is 0.0937 e. The van der Waals surface area contributed by atoms with E-state index in [2.05, 4.69) is 59.7 Å². The Balaban J connectivity index is 1.64. The van der Waals surface area contributed by atoms with E-state index in [1.165, 1.54) is 21.3 Å². The molecule has 0 aliphatic heterocycles. The van der Waals surface area contributed by atoms with Crippen LogP contribution in [0.2, 0.25) is 0 Å². The van der Waals surface area contributed by atoms with Crippen LogP contribution in [0.3, 0.4) is 0 Å². The van der Waals surface area contributed by atoms with Gasteiger partial charge in [-0.05, 0) is 29.3 Å². The standard InChI is InChI=1S/C17H18N2S/c1-13(18-9-8-17-19-10-11-20-17)15-7-6-14-4-2-3-5-16(14)12-15/h2-7,10-13,18H,8-9H2,1H3. The van der Waals surface area contributed by atoms with E-state index >= 15 is 0 Å². The molecule has 0 amide bonds. The fourth-order valence-electron chi connectivity index (χ4n) is 2.37. The van der Waals surface area contributed by atoms with Crippen molar-refractivity contribution >= 4 is 22.1 Å². The zero-order valence-electron chi connectivity index (χ0n) is 11.5. The normalized spacial score (nSPS) is 12.7. The van der Waals surface area contributed by atoms with Gasteiger partial charge in [0.05, 0.1) is 5.01 Å². The molecule has 1 N–H and O–H groups in total. The van der Waals surface area contributed by atoms with Crippen molar-refractivity contribution in [2.45, 2.75) is 19.4 Å². The van der Waals surface area contributed by atoms with Crippen molar-refractivity contribution in [2.24, 2.45) is 0 Å². The molecule has 2 nitrogen and oxygen atoms in total. The van der Waals surface area contributed by atoms with Gasteiger partial charge in [0, 0.05) is 30.6 Å². The SMILES string of the molecule is CC(NCCc1nccs1)c1ccc2ccccc2c1. The molecular formula is C17H18N2S. The topological polar surface area (TPSA) is 24.9 Å². The molecule has 0 radical (unpaired) electrons. The lowest BCUT2D eigenvalue weighted by Gasteiger charge is -2.14. The minimum atomic E-state index is 0.361. The first-order chi connectivity index (χ1) is 9.83. The first-order valence-electron chi connectivity index (χ1n) is 6.93. The summed E-state index contributed by atoms with van der Waals surface area (Å²) in [7, 11) is 0. The molecule has 1 atom stereocenters. The highest BCUT2D eigenvalue weighted by Crippen LogP contribution is 2.20. The van der Waals surface area contributed by atoms with E-state index in [0.717, 1.165) is 13.0 Å². The van der Waals surface area contributed by atoms with Crippen molar-refractivity contribution in [1.82, 2.24) is 10.3 Å². The number of fused-ring (bicyclic) bond motifs is 1. The van der Waals surface area contributed by atoms with Gasteiger partial charge in [-0.25, -0.2) is 4.98 Å². The van der Waals surface area contributed by atoms with E-state index in [0.29, 0.717) is 6.04 Å². The number of nitrogens with zero attached hydrogens (tertiary/aromatic N) is 1. The number of hydrogen-bond donors (Lipinski definition) is 1. The third-order valence-corrected chi connectivity index (χ3v) is 4.39. The summed E-state index contributed by atoms with van der Waals surface area (Å²) in [5.74, 6) is 0. The Labute approximate surface area is 123 Å². The van der Waals surface area contributed by atoms with Crippen LogP contribution in [-0.4, -0.2) is 11.5 Å². The van der Waals surface area contributed by atoms with Gasteiger partial charge in [-0.1, -0.05) is 36.4 Å². The maximum absolute atomic E-state index is 4.31. The predicted molar refractivity (Wildman–Crippen MR) is 86.2 cm³/mol. The molecule has 0 aliphatic rings. The second-order valence-corrected chi connectivity index (χ2v) is 5.94. The predicted octanol–water partition coefficient (Wildman–Crippen LogP) is 4.19. The lowest BCUT2D eigenvalue weighted by atomic mass is 10.0. The van der Waals surface area contributed by atoms with Gasteiger partial charge in [0.2, 0.25) is 0 Å². The van der Waals surface area contributed by atoms with Gasteiger partial charge in [0.25, 0.3) is 0 Å². The minimum Gasteiger partial charge on any atom is -0.310 e. The molecule has 0 fully saturated rings. The molecule has 0 spiro atoms. The number of thiazole rings is 1. The lowest BCUT2D eigenvalue weighted by Crippen LogP contribution is -2.21. The monoisotopic (exact) mass is 282 g/mol. The minimum absolute atomic E-state index is 0.361. The fourth-order valence-corrected chi connectivity index (χ4v) is 2.99. The first-order valence-corrected chi connectivity index (χ1v) is 7.81. The van der Waals surface area contributed by atoms with Crippen molar-refractivity contribution in [3.05, 3.63) is 64.6 Å². The fraction of sp³-hybridized carbons (Fsp3) is 0.235. The zero-order valence-corrected chi connectivity index (χ0v) is 12.4. The zero-order chi connectivity index (χ0) is 13.8. The van der Waals surface area contributed by atoms with Crippen molar-refractivity contribution in [3.8, 4) is 0 Å². The van der Waals surface area contributed by atoms with Gasteiger partial charge >= 0.3 is 0 Å². The average molecular weight is 282 g/mol. The second-order valence-electron chi connectivity index (χ2n) is 4.96. The summed E-state index contributed by atoms with van der Waals surface area (Å²) in [5.41, 5.74) is 1.34. The molecule has 3 rings (SSSR count). The Hall–Kier alpha value is -1.71. The van der Waals surface area contributed by atoms with Crippen LogP contribution in [0.25, 0.3) is 10.8 Å². The molecule has 2 aromatic carbocycles. The summed E-state index contributed by atoms with van der Waals surface area (Å²) in [6.45, 7) is 3.17. The molecule has 0 saturated heterocycles. The van der Waals surface area contributed by atoms with E-state index in [1.54, 1.807) is 11.3 Å². The molecule has 1 heterocycles. The van der Waals surface area contributed by atoms with E-state index in [9.17, 15) is 0 Å². The molecule has 3 heteroatoms. The molecule has 0 saturated carbocycles. The summed E-state index contributed by atoms with van der Waals surface area (Å²) in [6.07, 6.45) is 2.86. The van der Waals surface area contributed by atoms with Crippen molar-refractivity contribution in [3.63, 3.8) is 0 Å². The van der Waals surface area contributed by atoms with Crippen molar-refractivity contribution in [2.75, 3.05) is 6.54 Å². The maximum Gasteiger partial charge on any atom is 0.0937 e. The van der Waals surface area contributed by atoms with E-state index in [1.807, 2.05) is 11.6 Å². The first kappa shape index (κ1) is 13.3. The van der Waals surface area contributed by atoms with E-state index < -0.39 is 0 Å². The molecule has 0 aliphatic carbocycles. The van der Waals surface area contributed by atoms with Crippen LogP contribution in [0.4, 0.5) is 0 Å². The van der Waals surface area contributed by atoms with Crippen LogP contribution in [0.15, 0.2) is 54.0 Å². The van der Waals surface area contributed by atoms with E-state index in [4.69, 9.17) is 0 Å². The van der Waals surface area contributed by atoms with Gasteiger partial charge in [-0.2, -0.15) is 0 Å². The highest BCUT2D eigenvalue weighted by atomic mass is 32.1. The van der Waals surface area contributed by atoms with Gasteiger partial charge in [0.1, 0.15) is 0 Å². The van der Waals surface area contributed by atoms with Crippen LogP contribution in [0, 0.1) is 0 Å². The number of benzene rings is 2. The Morgan fingerprint density at radius 1 is 1.15 bits per heavy atom. The van der Waals surface area contributed by atoms with E-state index in [-0.39, 0.29) is 0 Å². The number of aromatic nitrogens is 1. The maximum atomic E-state index is 4.31. The Morgan fingerprint density at radius 2 is 2.00 bits per heavy atom. The number of hydrogen-bond acceptors (Lipinski definition) is 3. The summed E-state index contributed by atoms with van der Waals surface area (Å²) in [5, 5.41) is 9.40. The van der Waals surface area contributed by atoms with Gasteiger partial charge in [-0.15, -0.1) is 11.3 Å². The van der Waals surface area contributed by atoms with Crippen LogP contribution >= 0.6 is 11.3 Å². The van der Waals surface area contributed by atoms with Crippen LogP contribution < -0.4 is 5.32 Å². The lowest BCUT2D eigenvalue weighted by molar-refractivity contribution is 0.577. The molecular weight excluding hydrogens is 264 g/mol. The molecule has 1 aromatic heterocycles. The van der Waals surface area contributed by atoms with Gasteiger partial charge in [-0.3, -0.25) is 0 Å². The van der Waals surface area contributed by atoms with Crippen LogP contribution in [0.1, 0.15) is 23.5 Å². The molecule has 0 bridgehead atoms. The Morgan fingerprint density at radius 3 is 2.80 bits per heavy atom. The largest absolute Gasteiger partial charge is 0.310 e. The Bertz CT molecular complexity index is 676. The van der Waals surface area contributed by atoms with Crippen LogP contribution in [-0.2, 0) is 6.42 Å². The highest BCUT2D eigenvalue weighted by Gasteiger charge is 2.05.